The Balaban J connectivity index is 1.66. The van der Waals surface area contributed by atoms with E-state index in [1.165, 1.54) is 0 Å². The number of nitrogens with one attached hydrogen (secondary N) is 2. The topological polar surface area (TPSA) is 54.0 Å². The highest BCUT2D eigenvalue weighted by molar-refractivity contribution is 9.10. The average Bonchev–Trinajstić information content (AvgIpc) is 2.83. The fraction of sp³-hybridized carbons (Fsp3) is 0.286. The summed E-state index contributed by atoms with van der Waals surface area (Å²) in [6, 6.07) is 7.52. The number of aromatic nitrogens is 1. The van der Waals surface area contributed by atoms with Crippen molar-refractivity contribution < 1.29 is 4.79 Å². The number of benzene rings is 1. The Morgan fingerprint density at radius 2 is 2.10 bits per heavy atom. The van der Waals surface area contributed by atoms with Gasteiger partial charge in [0.05, 0.1) is 17.2 Å². The van der Waals surface area contributed by atoms with Gasteiger partial charge in [-0.25, -0.2) is 4.98 Å². The van der Waals surface area contributed by atoms with E-state index in [1.54, 1.807) is 11.3 Å². The van der Waals surface area contributed by atoms with Crippen molar-refractivity contribution in [2.75, 3.05) is 18.4 Å². The lowest BCUT2D eigenvalue weighted by Crippen LogP contribution is -2.29. The molecule has 6 heteroatoms. The molecule has 4 nitrogen and oxygen atoms in total. The van der Waals surface area contributed by atoms with Crippen LogP contribution in [0.1, 0.15) is 10.7 Å². The molecule has 106 valence electrons. The maximum atomic E-state index is 11.7. The Hall–Kier alpha value is -1.24. The Kier molecular flexibility index (Phi) is 5.70. The molecule has 1 aromatic carbocycles. The number of aryl methyl sites for hydroxylation is 1. The van der Waals surface area contributed by atoms with Crippen LogP contribution in [0.15, 0.2) is 34.1 Å². The van der Waals surface area contributed by atoms with Crippen molar-refractivity contribution in [2.24, 2.45) is 0 Å². The highest BCUT2D eigenvalue weighted by Crippen LogP contribution is 2.13. The normalized spacial score (nSPS) is 10.5. The molecule has 0 fully saturated rings. The van der Waals surface area contributed by atoms with E-state index in [9.17, 15) is 4.79 Å². The lowest BCUT2D eigenvalue weighted by atomic mass is 10.3. The molecule has 2 aromatic rings. The highest BCUT2D eigenvalue weighted by Gasteiger charge is 2.02. The van der Waals surface area contributed by atoms with E-state index in [1.807, 2.05) is 31.2 Å². The lowest BCUT2D eigenvalue weighted by molar-refractivity contribution is -0.115. The first-order chi connectivity index (χ1) is 9.63. The summed E-state index contributed by atoms with van der Waals surface area (Å²) < 4.78 is 0.993. The second-order valence-electron chi connectivity index (χ2n) is 4.34. The van der Waals surface area contributed by atoms with Gasteiger partial charge in [0.2, 0.25) is 5.91 Å². The molecule has 2 rings (SSSR count). The van der Waals surface area contributed by atoms with Gasteiger partial charge in [-0.2, -0.15) is 0 Å². The summed E-state index contributed by atoms with van der Waals surface area (Å²) in [5, 5.41) is 9.09. The largest absolute Gasteiger partial charge is 0.325 e. The van der Waals surface area contributed by atoms with Crippen LogP contribution < -0.4 is 10.6 Å². The van der Waals surface area contributed by atoms with E-state index in [0.29, 0.717) is 6.54 Å². The minimum atomic E-state index is -0.0400. The molecule has 0 aliphatic rings. The molecule has 0 saturated carbocycles. The molecule has 1 amide bonds. The number of hydrogen-bond donors (Lipinski definition) is 2. The van der Waals surface area contributed by atoms with E-state index >= 15 is 0 Å². The molecule has 20 heavy (non-hydrogen) atoms. The summed E-state index contributed by atoms with van der Waals surface area (Å²) in [6.45, 7) is 3.05. The number of halogens is 1. The Morgan fingerprint density at radius 1 is 1.35 bits per heavy atom. The maximum absolute atomic E-state index is 11.7. The van der Waals surface area contributed by atoms with E-state index in [0.717, 1.165) is 33.8 Å². The quantitative estimate of drug-likeness (QED) is 0.785. The molecule has 0 aliphatic carbocycles. The minimum absolute atomic E-state index is 0.0400. The van der Waals surface area contributed by atoms with Gasteiger partial charge in [0.1, 0.15) is 0 Å². The molecule has 0 spiro atoms. The van der Waals surface area contributed by atoms with Crippen LogP contribution in [-0.2, 0) is 11.2 Å². The van der Waals surface area contributed by atoms with Crippen LogP contribution in [0.3, 0.4) is 0 Å². The van der Waals surface area contributed by atoms with Crippen molar-refractivity contribution in [3.63, 3.8) is 0 Å². The first-order valence-corrected chi connectivity index (χ1v) is 7.98. The predicted octanol–water partition coefficient (Wildman–Crippen LogP) is 2.98. The molecule has 0 radical (unpaired) electrons. The zero-order valence-corrected chi connectivity index (χ0v) is 13.6. The molecular weight excluding hydrogens is 338 g/mol. The highest BCUT2D eigenvalue weighted by atomic mass is 79.9. The molecular formula is C14H16BrN3OS. The zero-order valence-electron chi connectivity index (χ0n) is 11.1. The van der Waals surface area contributed by atoms with Crippen molar-refractivity contribution in [3.8, 4) is 0 Å². The number of carbonyl (C=O) groups is 1. The van der Waals surface area contributed by atoms with Gasteiger partial charge in [0, 0.05) is 28.5 Å². The van der Waals surface area contributed by atoms with Crippen LogP contribution in [0.5, 0.6) is 0 Å². The third-order valence-corrected chi connectivity index (χ3v) is 3.99. The number of rotatable bonds is 6. The molecule has 0 saturated heterocycles. The number of amides is 1. The van der Waals surface area contributed by atoms with E-state index in [2.05, 4.69) is 36.9 Å². The summed E-state index contributed by atoms with van der Waals surface area (Å²) >= 11 is 5.01. The molecule has 0 bridgehead atoms. The molecule has 1 aromatic heterocycles. The lowest BCUT2D eigenvalue weighted by Gasteiger charge is -2.06. The van der Waals surface area contributed by atoms with Crippen molar-refractivity contribution in [1.82, 2.24) is 10.3 Å². The number of nitrogens with zero attached hydrogens (tertiary/aromatic N) is 1. The van der Waals surface area contributed by atoms with Crippen LogP contribution in [0.4, 0.5) is 5.69 Å². The second-order valence-corrected chi connectivity index (χ2v) is 6.32. The van der Waals surface area contributed by atoms with Gasteiger partial charge in [-0.1, -0.05) is 15.9 Å². The standard InChI is InChI=1S/C14H16BrN3OS/c1-10-17-13(9-20-10)6-7-16-8-14(19)18-12-4-2-11(15)3-5-12/h2-5,9,16H,6-8H2,1H3,(H,18,19). The van der Waals surface area contributed by atoms with Crippen LogP contribution in [0.2, 0.25) is 0 Å². The van der Waals surface area contributed by atoms with Gasteiger partial charge in [-0.15, -0.1) is 11.3 Å². The third-order valence-electron chi connectivity index (χ3n) is 2.64. The summed E-state index contributed by atoms with van der Waals surface area (Å²) in [7, 11) is 0. The summed E-state index contributed by atoms with van der Waals surface area (Å²) in [5.41, 5.74) is 1.88. The van der Waals surface area contributed by atoms with Gasteiger partial charge in [-0.05, 0) is 31.2 Å². The van der Waals surface area contributed by atoms with Crippen molar-refractivity contribution >= 4 is 38.9 Å². The van der Waals surface area contributed by atoms with E-state index < -0.39 is 0 Å². The zero-order chi connectivity index (χ0) is 14.4. The summed E-state index contributed by atoms with van der Waals surface area (Å²) in [5.74, 6) is -0.0400. The molecule has 0 aliphatic heterocycles. The van der Waals surface area contributed by atoms with Crippen LogP contribution in [0, 0.1) is 6.92 Å². The Bertz CT molecular complexity index is 568. The third kappa shape index (κ3) is 5.03. The SMILES string of the molecule is Cc1nc(CCNCC(=O)Nc2ccc(Br)cc2)cs1. The molecule has 1 heterocycles. The maximum Gasteiger partial charge on any atom is 0.238 e. The predicted molar refractivity (Wildman–Crippen MR) is 86.2 cm³/mol. The Morgan fingerprint density at radius 3 is 2.75 bits per heavy atom. The van der Waals surface area contributed by atoms with Crippen molar-refractivity contribution in [1.29, 1.82) is 0 Å². The number of hydrogen-bond acceptors (Lipinski definition) is 4. The minimum Gasteiger partial charge on any atom is -0.325 e. The van der Waals surface area contributed by atoms with Crippen LogP contribution in [-0.4, -0.2) is 24.0 Å². The summed E-state index contributed by atoms with van der Waals surface area (Å²) in [6.07, 6.45) is 0.843. The first kappa shape index (κ1) is 15.2. The smallest absolute Gasteiger partial charge is 0.238 e. The first-order valence-electron chi connectivity index (χ1n) is 6.30. The van der Waals surface area contributed by atoms with Crippen molar-refractivity contribution in [3.05, 3.63) is 44.8 Å². The number of thiazole rings is 1. The molecule has 0 unspecified atom stereocenters. The average molecular weight is 354 g/mol. The fourth-order valence-electron chi connectivity index (χ4n) is 1.68. The van der Waals surface area contributed by atoms with E-state index in [4.69, 9.17) is 0 Å². The molecule has 2 N–H and O–H groups in total. The van der Waals surface area contributed by atoms with Gasteiger partial charge in [0.15, 0.2) is 0 Å². The van der Waals surface area contributed by atoms with Gasteiger partial charge < -0.3 is 10.6 Å². The Labute approximate surface area is 130 Å². The number of anilines is 1. The monoisotopic (exact) mass is 353 g/mol. The van der Waals surface area contributed by atoms with Crippen LogP contribution >= 0.6 is 27.3 Å². The van der Waals surface area contributed by atoms with E-state index in [-0.39, 0.29) is 5.91 Å². The van der Waals surface area contributed by atoms with Gasteiger partial charge in [-0.3, -0.25) is 4.79 Å². The van der Waals surface area contributed by atoms with Gasteiger partial charge in [0.25, 0.3) is 0 Å². The second kappa shape index (κ2) is 7.52. The van der Waals surface area contributed by atoms with Crippen LogP contribution in [0.25, 0.3) is 0 Å². The summed E-state index contributed by atoms with van der Waals surface area (Å²) in [4.78, 5) is 16.1. The molecule has 0 atom stereocenters. The van der Waals surface area contributed by atoms with Gasteiger partial charge >= 0.3 is 0 Å². The fourth-order valence-corrected chi connectivity index (χ4v) is 2.59. The van der Waals surface area contributed by atoms with Crippen molar-refractivity contribution in [2.45, 2.75) is 13.3 Å². The number of carbonyl (C=O) groups excluding carboxylic acids is 1.